The highest BCUT2D eigenvalue weighted by Gasteiger charge is 2.17. The topological polar surface area (TPSA) is 17.1 Å². The lowest BCUT2D eigenvalue weighted by molar-refractivity contribution is 0.103. The van der Waals surface area contributed by atoms with Gasteiger partial charge in [-0.25, -0.2) is 4.39 Å². The average Bonchev–Trinajstić information content (AvgIpc) is 2.31. The van der Waals surface area contributed by atoms with Gasteiger partial charge in [0.2, 0.25) is 0 Å². The fraction of sp³-hybridized carbons (Fsp3) is 0. The molecule has 0 unspecified atom stereocenters. The summed E-state index contributed by atoms with van der Waals surface area (Å²) in [6.45, 7) is 0. The molecule has 0 saturated carbocycles. The third-order valence-corrected chi connectivity index (χ3v) is 3.95. The summed E-state index contributed by atoms with van der Waals surface area (Å²) in [7, 11) is 0. The third-order valence-electron chi connectivity index (χ3n) is 2.35. The van der Waals surface area contributed by atoms with Gasteiger partial charge in [-0.2, -0.15) is 0 Å². The summed E-state index contributed by atoms with van der Waals surface area (Å²) in [5, 5.41) is 0.269. The molecule has 0 N–H and O–H groups in total. The van der Waals surface area contributed by atoms with Crippen molar-refractivity contribution >= 4 is 55.9 Å². The Kier molecular flexibility index (Phi) is 4.40. The van der Waals surface area contributed by atoms with Gasteiger partial charge >= 0.3 is 0 Å². The normalized spacial score (nSPS) is 10.4. The van der Waals surface area contributed by atoms with Gasteiger partial charge in [0.25, 0.3) is 0 Å². The fourth-order valence-electron chi connectivity index (χ4n) is 1.49. The van der Waals surface area contributed by atoms with Gasteiger partial charge < -0.3 is 0 Å². The first-order valence-electron chi connectivity index (χ1n) is 4.94. The number of carbonyl (C=O) groups excluding carboxylic acids is 1. The van der Waals surface area contributed by atoms with Crippen LogP contribution in [0.15, 0.2) is 40.9 Å². The van der Waals surface area contributed by atoms with Crippen molar-refractivity contribution in [3.63, 3.8) is 0 Å². The first-order valence-corrected chi connectivity index (χ1v) is 7.19. The van der Waals surface area contributed by atoms with Crippen molar-refractivity contribution in [2.75, 3.05) is 0 Å². The largest absolute Gasteiger partial charge is 0.288 e. The molecule has 5 heteroatoms. The molecule has 0 spiro atoms. The predicted octanol–water partition coefficient (Wildman–Crippen LogP) is 5.08. The number of hydrogen-bond donors (Lipinski definition) is 0. The monoisotopic (exact) mass is 438 g/mol. The Balaban J connectivity index is 2.51. The zero-order valence-corrected chi connectivity index (χ0v) is 13.4. The molecule has 2 rings (SSSR count). The van der Waals surface area contributed by atoms with Gasteiger partial charge in [0.05, 0.1) is 5.56 Å². The summed E-state index contributed by atoms with van der Waals surface area (Å²) in [5.74, 6) is -0.979. The van der Waals surface area contributed by atoms with Crippen LogP contribution in [0.1, 0.15) is 15.9 Å². The van der Waals surface area contributed by atoms with E-state index in [2.05, 4.69) is 38.5 Å². The Bertz CT molecular complexity index is 630. The van der Waals surface area contributed by atoms with Crippen molar-refractivity contribution in [2.24, 2.45) is 0 Å². The van der Waals surface area contributed by atoms with E-state index in [1.54, 1.807) is 12.1 Å². The smallest absolute Gasteiger partial charge is 0.197 e. The highest BCUT2D eigenvalue weighted by atomic mass is 127. The molecule has 1 nitrogen and oxygen atoms in total. The molecule has 0 bridgehead atoms. The van der Waals surface area contributed by atoms with Crippen LogP contribution in [-0.4, -0.2) is 5.78 Å². The number of rotatable bonds is 2. The van der Waals surface area contributed by atoms with Crippen LogP contribution >= 0.6 is 50.1 Å². The van der Waals surface area contributed by atoms with Crippen LogP contribution in [0.4, 0.5) is 4.39 Å². The van der Waals surface area contributed by atoms with Crippen LogP contribution in [0.25, 0.3) is 0 Å². The Morgan fingerprint density at radius 1 is 1.17 bits per heavy atom. The van der Waals surface area contributed by atoms with Crippen LogP contribution < -0.4 is 0 Å². The summed E-state index contributed by atoms with van der Waals surface area (Å²) in [4.78, 5) is 12.2. The van der Waals surface area contributed by atoms with E-state index < -0.39 is 5.82 Å². The molecular formula is C13H6BrClFIO. The molecule has 0 radical (unpaired) electrons. The van der Waals surface area contributed by atoms with E-state index in [1.165, 1.54) is 12.1 Å². The first-order chi connectivity index (χ1) is 8.49. The molecule has 2 aromatic rings. The second kappa shape index (κ2) is 5.67. The average molecular weight is 439 g/mol. The number of halogens is 4. The molecule has 0 aliphatic rings. The SMILES string of the molecule is O=C(c1ccc(Cl)cc1F)c1cc(I)ccc1Br. The van der Waals surface area contributed by atoms with Gasteiger partial charge in [0.15, 0.2) is 5.78 Å². The van der Waals surface area contributed by atoms with Gasteiger partial charge in [-0.15, -0.1) is 0 Å². The molecule has 0 amide bonds. The van der Waals surface area contributed by atoms with E-state index >= 15 is 0 Å². The van der Waals surface area contributed by atoms with E-state index in [1.807, 2.05) is 6.07 Å². The summed E-state index contributed by atoms with van der Waals surface area (Å²) in [6, 6.07) is 9.37. The minimum atomic E-state index is -0.613. The summed E-state index contributed by atoms with van der Waals surface area (Å²) < 4.78 is 15.2. The van der Waals surface area contributed by atoms with E-state index in [-0.39, 0.29) is 16.4 Å². The van der Waals surface area contributed by atoms with Crippen LogP contribution in [0.3, 0.4) is 0 Å². The summed E-state index contributed by atoms with van der Waals surface area (Å²) in [5.41, 5.74) is 0.449. The Morgan fingerprint density at radius 3 is 2.56 bits per heavy atom. The van der Waals surface area contributed by atoms with E-state index in [4.69, 9.17) is 11.6 Å². The molecular weight excluding hydrogens is 433 g/mol. The van der Waals surface area contributed by atoms with Crippen molar-refractivity contribution in [3.8, 4) is 0 Å². The zero-order valence-electron chi connectivity index (χ0n) is 8.88. The van der Waals surface area contributed by atoms with E-state index in [9.17, 15) is 9.18 Å². The minimum Gasteiger partial charge on any atom is -0.288 e. The van der Waals surface area contributed by atoms with Gasteiger partial charge in [-0.1, -0.05) is 27.5 Å². The van der Waals surface area contributed by atoms with Gasteiger partial charge in [-0.05, 0) is 59.0 Å². The van der Waals surface area contributed by atoms with Crippen LogP contribution in [0, 0.1) is 9.39 Å². The molecule has 92 valence electrons. The van der Waals surface area contributed by atoms with Gasteiger partial charge in [0, 0.05) is 18.6 Å². The highest BCUT2D eigenvalue weighted by molar-refractivity contribution is 14.1. The lowest BCUT2D eigenvalue weighted by atomic mass is 10.0. The predicted molar refractivity (Wildman–Crippen MR) is 81.7 cm³/mol. The minimum absolute atomic E-state index is 0.0158. The van der Waals surface area contributed by atoms with E-state index in [0.29, 0.717) is 10.0 Å². The molecule has 0 atom stereocenters. The molecule has 0 heterocycles. The Hall–Kier alpha value is -0.460. The molecule has 0 aliphatic carbocycles. The summed E-state index contributed by atoms with van der Waals surface area (Å²) >= 11 is 11.1. The van der Waals surface area contributed by atoms with Crippen molar-refractivity contribution in [1.82, 2.24) is 0 Å². The quantitative estimate of drug-likeness (QED) is 0.471. The lowest BCUT2D eigenvalue weighted by Crippen LogP contribution is -2.05. The van der Waals surface area contributed by atoms with Crippen molar-refractivity contribution in [2.45, 2.75) is 0 Å². The molecule has 0 aliphatic heterocycles. The van der Waals surface area contributed by atoms with Crippen molar-refractivity contribution < 1.29 is 9.18 Å². The van der Waals surface area contributed by atoms with Gasteiger partial charge in [0.1, 0.15) is 5.82 Å². The van der Waals surface area contributed by atoms with Crippen LogP contribution in [0.5, 0.6) is 0 Å². The van der Waals surface area contributed by atoms with Crippen LogP contribution in [-0.2, 0) is 0 Å². The maximum absolute atomic E-state index is 13.7. The number of hydrogen-bond acceptors (Lipinski definition) is 1. The highest BCUT2D eigenvalue weighted by Crippen LogP contribution is 2.24. The lowest BCUT2D eigenvalue weighted by Gasteiger charge is -2.06. The van der Waals surface area contributed by atoms with Crippen LogP contribution in [0.2, 0.25) is 5.02 Å². The molecule has 18 heavy (non-hydrogen) atoms. The maximum Gasteiger partial charge on any atom is 0.197 e. The maximum atomic E-state index is 13.7. The molecule has 2 aromatic carbocycles. The van der Waals surface area contributed by atoms with E-state index in [0.717, 1.165) is 9.64 Å². The first kappa shape index (κ1) is 14.0. The second-order valence-electron chi connectivity index (χ2n) is 3.58. The van der Waals surface area contributed by atoms with Crippen molar-refractivity contribution in [3.05, 3.63) is 66.4 Å². The molecule has 0 aromatic heterocycles. The Morgan fingerprint density at radius 2 is 1.89 bits per heavy atom. The van der Waals surface area contributed by atoms with Crippen molar-refractivity contribution in [1.29, 1.82) is 0 Å². The number of benzene rings is 2. The standard InChI is InChI=1S/C13H6BrClFIO/c14-11-4-2-8(17)6-10(11)13(18)9-3-1-7(15)5-12(9)16/h1-6H. The second-order valence-corrected chi connectivity index (χ2v) is 6.11. The van der Waals surface area contributed by atoms with Gasteiger partial charge in [-0.3, -0.25) is 4.79 Å². The molecule has 0 fully saturated rings. The Labute approximate surface area is 131 Å². The number of carbonyl (C=O) groups is 1. The third kappa shape index (κ3) is 2.92. The fourth-order valence-corrected chi connectivity index (χ4v) is 2.57. The number of ketones is 1. The molecule has 0 saturated heterocycles. The zero-order chi connectivity index (χ0) is 13.3. The summed E-state index contributed by atoms with van der Waals surface area (Å²) in [6.07, 6.45) is 0.